The van der Waals surface area contributed by atoms with Gasteiger partial charge in [-0.3, -0.25) is 4.79 Å². The number of hydrogen-bond acceptors (Lipinski definition) is 3. The largest absolute Gasteiger partial charge is 0.495 e. The van der Waals surface area contributed by atoms with Gasteiger partial charge in [0.15, 0.2) is 0 Å². The van der Waals surface area contributed by atoms with Gasteiger partial charge in [-0.2, -0.15) is 0 Å². The van der Waals surface area contributed by atoms with E-state index in [2.05, 4.69) is 19.2 Å². The molecule has 1 aromatic rings. The van der Waals surface area contributed by atoms with E-state index in [4.69, 9.17) is 4.74 Å². The highest BCUT2D eigenvalue weighted by molar-refractivity contribution is 5.97. The van der Waals surface area contributed by atoms with E-state index in [1.54, 1.807) is 7.11 Å². The molecule has 0 radical (unpaired) electrons. The second-order valence-electron chi connectivity index (χ2n) is 5.26. The summed E-state index contributed by atoms with van der Waals surface area (Å²) in [5.74, 6) is 0.919. The smallest absolute Gasteiger partial charge is 0.228 e. The molecule has 1 fully saturated rings. The number of carbonyl (C=O) groups is 1. The van der Waals surface area contributed by atoms with Crippen LogP contribution in [-0.4, -0.2) is 31.6 Å². The van der Waals surface area contributed by atoms with Gasteiger partial charge in [-0.1, -0.05) is 26.0 Å². The summed E-state index contributed by atoms with van der Waals surface area (Å²) in [6.07, 6.45) is 2.75. The zero-order valence-electron chi connectivity index (χ0n) is 12.6. The van der Waals surface area contributed by atoms with Crippen LogP contribution in [0.15, 0.2) is 24.3 Å². The molecule has 2 rings (SSSR count). The lowest BCUT2D eigenvalue weighted by Crippen LogP contribution is -2.39. The van der Waals surface area contributed by atoms with E-state index < -0.39 is 0 Å². The molecule has 4 heteroatoms. The summed E-state index contributed by atoms with van der Waals surface area (Å²) in [6, 6.07) is 8.42. The van der Waals surface area contributed by atoms with Crippen molar-refractivity contribution < 1.29 is 9.53 Å². The molecule has 0 unspecified atom stereocenters. The monoisotopic (exact) mass is 276 g/mol. The molecule has 1 heterocycles. The number of para-hydroxylation sites is 2. The van der Waals surface area contributed by atoms with Crippen molar-refractivity contribution in [3.8, 4) is 5.75 Å². The Morgan fingerprint density at radius 3 is 2.70 bits per heavy atom. The molecular weight excluding hydrogens is 252 g/mol. The average Bonchev–Trinajstić information content (AvgIpc) is 2.85. The lowest BCUT2D eigenvalue weighted by Gasteiger charge is -2.22. The van der Waals surface area contributed by atoms with Crippen LogP contribution in [0, 0.1) is 0 Å². The molecule has 4 nitrogen and oxygen atoms in total. The van der Waals surface area contributed by atoms with Gasteiger partial charge in [-0.15, -0.1) is 0 Å². The van der Waals surface area contributed by atoms with Crippen LogP contribution in [0.5, 0.6) is 5.75 Å². The van der Waals surface area contributed by atoms with E-state index in [0.717, 1.165) is 30.8 Å². The van der Waals surface area contributed by atoms with Crippen LogP contribution in [0.3, 0.4) is 0 Å². The van der Waals surface area contributed by atoms with Crippen molar-refractivity contribution in [1.82, 2.24) is 5.32 Å². The zero-order chi connectivity index (χ0) is 14.5. The minimum Gasteiger partial charge on any atom is -0.495 e. The van der Waals surface area contributed by atoms with Crippen molar-refractivity contribution in [1.29, 1.82) is 0 Å². The number of amides is 1. The van der Waals surface area contributed by atoms with Gasteiger partial charge in [-0.25, -0.2) is 0 Å². The molecule has 0 aliphatic carbocycles. The number of methoxy groups -OCH3 is 1. The number of hydrogen-bond donors (Lipinski definition) is 1. The summed E-state index contributed by atoms with van der Waals surface area (Å²) < 4.78 is 5.35. The van der Waals surface area contributed by atoms with Crippen molar-refractivity contribution in [3.63, 3.8) is 0 Å². The molecule has 110 valence electrons. The first-order chi connectivity index (χ1) is 9.69. The molecule has 0 bridgehead atoms. The van der Waals surface area contributed by atoms with Gasteiger partial charge < -0.3 is 15.0 Å². The van der Waals surface area contributed by atoms with E-state index in [1.165, 1.54) is 0 Å². The number of ether oxygens (including phenoxy) is 1. The van der Waals surface area contributed by atoms with Crippen molar-refractivity contribution in [2.75, 3.05) is 18.6 Å². The van der Waals surface area contributed by atoms with Crippen LogP contribution in [0.2, 0.25) is 0 Å². The third-order valence-corrected chi connectivity index (χ3v) is 3.96. The fourth-order valence-corrected chi connectivity index (χ4v) is 2.76. The number of nitrogens with zero attached hydrogens (tertiary/aromatic N) is 1. The number of carbonyl (C=O) groups excluding carboxylic acids is 1. The molecule has 0 aromatic heterocycles. The summed E-state index contributed by atoms with van der Waals surface area (Å²) in [5.41, 5.74) is 0.869. The molecule has 20 heavy (non-hydrogen) atoms. The van der Waals surface area contributed by atoms with Gasteiger partial charge in [0.05, 0.1) is 12.8 Å². The number of rotatable bonds is 6. The minimum absolute atomic E-state index is 0.165. The van der Waals surface area contributed by atoms with E-state index in [9.17, 15) is 4.79 Å². The molecule has 1 aliphatic heterocycles. The number of nitrogens with one attached hydrogen (secondary N) is 1. The SMILES string of the molecule is CCC(CC)N[C@@H]1CC(=O)N(c2ccccc2OC)C1. The first-order valence-corrected chi connectivity index (χ1v) is 7.39. The summed E-state index contributed by atoms with van der Waals surface area (Å²) in [5, 5.41) is 3.58. The highest BCUT2D eigenvalue weighted by Gasteiger charge is 2.32. The zero-order valence-corrected chi connectivity index (χ0v) is 12.6. The van der Waals surface area contributed by atoms with Gasteiger partial charge >= 0.3 is 0 Å². The predicted molar refractivity (Wildman–Crippen MR) is 81.3 cm³/mol. The maximum Gasteiger partial charge on any atom is 0.228 e. The standard InChI is InChI=1S/C16H24N2O2/c1-4-12(5-2)17-13-10-16(19)18(11-13)14-8-6-7-9-15(14)20-3/h6-9,12-13,17H,4-5,10-11H2,1-3H3/t13-/m1/s1. The van der Waals surface area contributed by atoms with Crippen molar-refractivity contribution in [2.24, 2.45) is 0 Å². The van der Waals surface area contributed by atoms with Crippen LogP contribution in [0.25, 0.3) is 0 Å². The molecule has 0 spiro atoms. The Labute approximate surface area is 121 Å². The fourth-order valence-electron chi connectivity index (χ4n) is 2.76. The highest BCUT2D eigenvalue weighted by atomic mass is 16.5. The van der Waals surface area contributed by atoms with Gasteiger partial charge in [0.1, 0.15) is 5.75 Å². The minimum atomic E-state index is 0.165. The van der Waals surface area contributed by atoms with E-state index in [-0.39, 0.29) is 11.9 Å². The van der Waals surface area contributed by atoms with Gasteiger partial charge in [0.2, 0.25) is 5.91 Å². The molecule has 1 N–H and O–H groups in total. The molecule has 1 atom stereocenters. The summed E-state index contributed by atoms with van der Waals surface area (Å²) in [7, 11) is 1.64. The second-order valence-corrected chi connectivity index (χ2v) is 5.26. The molecule has 0 saturated carbocycles. The van der Waals surface area contributed by atoms with Crippen LogP contribution >= 0.6 is 0 Å². The molecule has 1 aliphatic rings. The highest BCUT2D eigenvalue weighted by Crippen LogP contribution is 2.31. The topological polar surface area (TPSA) is 41.6 Å². The summed E-state index contributed by atoms with van der Waals surface area (Å²) in [6.45, 7) is 5.07. The maximum atomic E-state index is 12.2. The average molecular weight is 276 g/mol. The van der Waals surface area contributed by atoms with E-state index in [1.807, 2.05) is 29.2 Å². The Kier molecular flexibility index (Phi) is 5.01. The Balaban J connectivity index is 2.09. The van der Waals surface area contributed by atoms with Crippen LogP contribution in [0.1, 0.15) is 33.1 Å². The predicted octanol–water partition coefficient (Wildman–Crippen LogP) is 2.58. The van der Waals surface area contributed by atoms with Crippen LogP contribution in [-0.2, 0) is 4.79 Å². The van der Waals surface area contributed by atoms with Crippen molar-refractivity contribution >= 4 is 11.6 Å². The molecule has 1 saturated heterocycles. The maximum absolute atomic E-state index is 12.2. The lowest BCUT2D eigenvalue weighted by atomic mass is 10.1. The van der Waals surface area contributed by atoms with Gasteiger partial charge in [0.25, 0.3) is 0 Å². The third kappa shape index (κ3) is 3.12. The Morgan fingerprint density at radius 1 is 1.35 bits per heavy atom. The Morgan fingerprint density at radius 2 is 2.05 bits per heavy atom. The number of benzene rings is 1. The van der Waals surface area contributed by atoms with Crippen molar-refractivity contribution in [3.05, 3.63) is 24.3 Å². The Bertz CT molecular complexity index is 458. The summed E-state index contributed by atoms with van der Waals surface area (Å²) >= 11 is 0. The number of anilines is 1. The summed E-state index contributed by atoms with van der Waals surface area (Å²) in [4.78, 5) is 14.1. The first-order valence-electron chi connectivity index (χ1n) is 7.39. The molecule has 1 amide bonds. The van der Waals surface area contributed by atoms with Crippen molar-refractivity contribution in [2.45, 2.75) is 45.2 Å². The first kappa shape index (κ1) is 14.9. The van der Waals surface area contributed by atoms with Crippen LogP contribution in [0.4, 0.5) is 5.69 Å². The normalized spacial score (nSPS) is 18.9. The third-order valence-electron chi connectivity index (χ3n) is 3.96. The second kappa shape index (κ2) is 6.75. The van der Waals surface area contributed by atoms with Crippen LogP contribution < -0.4 is 15.0 Å². The van der Waals surface area contributed by atoms with E-state index in [0.29, 0.717) is 12.5 Å². The van der Waals surface area contributed by atoms with E-state index >= 15 is 0 Å². The Hall–Kier alpha value is -1.55. The molecular formula is C16H24N2O2. The van der Waals surface area contributed by atoms with Gasteiger partial charge in [0, 0.05) is 25.0 Å². The lowest BCUT2D eigenvalue weighted by molar-refractivity contribution is -0.117. The van der Waals surface area contributed by atoms with Gasteiger partial charge in [-0.05, 0) is 25.0 Å². The quantitative estimate of drug-likeness (QED) is 0.868. The fraction of sp³-hybridized carbons (Fsp3) is 0.562. The molecule has 1 aromatic carbocycles.